The Morgan fingerprint density at radius 3 is 2.60 bits per heavy atom. The summed E-state index contributed by atoms with van der Waals surface area (Å²) in [7, 11) is 1.66. The van der Waals surface area contributed by atoms with Crippen LogP contribution in [0.1, 0.15) is 23.0 Å². The summed E-state index contributed by atoms with van der Waals surface area (Å²) in [5, 5.41) is 12.1. The molecule has 0 aliphatic heterocycles. The van der Waals surface area contributed by atoms with E-state index in [1.807, 2.05) is 39.1 Å². The maximum Gasteiger partial charge on any atom is 0.188 e. The van der Waals surface area contributed by atoms with Gasteiger partial charge in [-0.15, -0.1) is 11.3 Å². The molecule has 0 bridgehead atoms. The van der Waals surface area contributed by atoms with Crippen LogP contribution < -0.4 is 10.1 Å². The second-order valence-electron chi connectivity index (χ2n) is 7.18. The zero-order valence-corrected chi connectivity index (χ0v) is 18.1. The van der Waals surface area contributed by atoms with Gasteiger partial charge in [0, 0.05) is 21.8 Å². The first-order valence-corrected chi connectivity index (χ1v) is 10.3. The molecule has 0 radical (unpaired) electrons. The topological polar surface area (TPSA) is 102 Å². The van der Waals surface area contributed by atoms with Gasteiger partial charge in [0.15, 0.2) is 5.13 Å². The number of anilines is 2. The summed E-state index contributed by atoms with van der Waals surface area (Å²) < 4.78 is 11.1. The summed E-state index contributed by atoms with van der Waals surface area (Å²) in [5.74, 6) is 2.86. The van der Waals surface area contributed by atoms with Crippen LogP contribution in [-0.4, -0.2) is 32.2 Å². The fourth-order valence-electron chi connectivity index (χ4n) is 3.77. The number of nitrogens with one attached hydrogen (secondary N) is 2. The van der Waals surface area contributed by atoms with E-state index in [-0.39, 0.29) is 0 Å². The molecule has 0 saturated heterocycles. The number of ether oxygens (including phenoxy) is 1. The van der Waals surface area contributed by atoms with Crippen LogP contribution in [0, 0.1) is 27.7 Å². The fraction of sp³-hybridized carbons (Fsp3) is 0.238. The third kappa shape index (κ3) is 2.89. The summed E-state index contributed by atoms with van der Waals surface area (Å²) in [6, 6.07) is 4.06. The maximum atomic E-state index is 5.74. The normalized spacial score (nSPS) is 11.5. The van der Waals surface area contributed by atoms with Crippen molar-refractivity contribution in [2.75, 3.05) is 12.4 Å². The van der Waals surface area contributed by atoms with E-state index in [0.717, 1.165) is 61.1 Å². The lowest BCUT2D eigenvalue weighted by Gasteiger charge is -2.09. The van der Waals surface area contributed by atoms with Crippen LogP contribution in [-0.2, 0) is 0 Å². The minimum Gasteiger partial charge on any atom is -0.496 e. The number of nitrogens with zero attached hydrogens (tertiary/aromatic N) is 4. The molecule has 0 spiro atoms. The average Bonchev–Trinajstić information content (AvgIpc) is 3.37. The highest BCUT2D eigenvalue weighted by molar-refractivity contribution is 7.13. The van der Waals surface area contributed by atoms with Crippen molar-refractivity contribution in [3.05, 3.63) is 40.5 Å². The zero-order chi connectivity index (χ0) is 21.0. The Bertz CT molecular complexity index is 1390. The second kappa shape index (κ2) is 6.81. The average molecular weight is 420 g/mol. The number of H-pyrrole nitrogens is 1. The third-order valence-electron chi connectivity index (χ3n) is 5.03. The van der Waals surface area contributed by atoms with E-state index in [1.54, 1.807) is 18.4 Å². The lowest BCUT2D eigenvalue weighted by molar-refractivity contribution is 0.393. The summed E-state index contributed by atoms with van der Waals surface area (Å²) in [6.45, 7) is 7.67. The van der Waals surface area contributed by atoms with Crippen LogP contribution in [0.15, 0.2) is 22.0 Å². The van der Waals surface area contributed by atoms with Gasteiger partial charge in [0.05, 0.1) is 29.4 Å². The Balaban J connectivity index is 1.77. The van der Waals surface area contributed by atoms with Gasteiger partial charge in [0.25, 0.3) is 0 Å². The molecule has 0 saturated carbocycles. The Hall–Kier alpha value is -3.46. The highest BCUT2D eigenvalue weighted by atomic mass is 32.1. The summed E-state index contributed by atoms with van der Waals surface area (Å²) in [5.41, 5.74) is 5.33. The van der Waals surface area contributed by atoms with E-state index < -0.39 is 0 Å². The monoisotopic (exact) mass is 420 g/mol. The van der Waals surface area contributed by atoms with Gasteiger partial charge in [-0.1, -0.05) is 5.16 Å². The third-order valence-corrected chi connectivity index (χ3v) is 5.91. The van der Waals surface area contributed by atoms with Crippen LogP contribution in [0.2, 0.25) is 0 Å². The summed E-state index contributed by atoms with van der Waals surface area (Å²) in [4.78, 5) is 17.2. The molecule has 8 nitrogen and oxygen atoms in total. The highest BCUT2D eigenvalue weighted by Crippen LogP contribution is 2.41. The SMILES string of the molecule is COc1cc2c(cc1-c1c(C)noc1C)[nH]c1nc(C)nc(Nc3nc(C)cs3)c12. The number of thiazole rings is 1. The van der Waals surface area contributed by atoms with Crippen molar-refractivity contribution in [1.29, 1.82) is 0 Å². The van der Waals surface area contributed by atoms with Gasteiger partial charge in [-0.3, -0.25) is 0 Å². The van der Waals surface area contributed by atoms with Crippen molar-refractivity contribution in [1.82, 2.24) is 25.1 Å². The lowest BCUT2D eigenvalue weighted by Crippen LogP contribution is -1.98. The predicted octanol–water partition coefficient (Wildman–Crippen LogP) is 5.21. The molecule has 30 heavy (non-hydrogen) atoms. The molecule has 0 unspecified atom stereocenters. The predicted molar refractivity (Wildman–Crippen MR) is 118 cm³/mol. The number of rotatable bonds is 4. The van der Waals surface area contributed by atoms with E-state index in [4.69, 9.17) is 9.26 Å². The molecule has 0 aliphatic carbocycles. The van der Waals surface area contributed by atoms with Crippen molar-refractivity contribution < 1.29 is 9.26 Å². The van der Waals surface area contributed by atoms with Crippen molar-refractivity contribution in [2.24, 2.45) is 0 Å². The summed E-state index contributed by atoms with van der Waals surface area (Å²) in [6.07, 6.45) is 0. The molecule has 2 N–H and O–H groups in total. The number of benzene rings is 1. The number of methoxy groups -OCH3 is 1. The molecule has 9 heteroatoms. The lowest BCUT2D eigenvalue weighted by atomic mass is 10.0. The zero-order valence-electron chi connectivity index (χ0n) is 17.2. The highest BCUT2D eigenvalue weighted by Gasteiger charge is 2.20. The first kappa shape index (κ1) is 18.6. The van der Waals surface area contributed by atoms with Crippen molar-refractivity contribution >= 4 is 44.2 Å². The summed E-state index contributed by atoms with van der Waals surface area (Å²) >= 11 is 1.54. The minimum absolute atomic E-state index is 0.669. The Morgan fingerprint density at radius 1 is 1.10 bits per heavy atom. The van der Waals surface area contributed by atoms with Gasteiger partial charge in [-0.25, -0.2) is 15.0 Å². The van der Waals surface area contributed by atoms with E-state index in [9.17, 15) is 0 Å². The quantitative estimate of drug-likeness (QED) is 0.411. The van der Waals surface area contributed by atoms with Crippen molar-refractivity contribution in [3.8, 4) is 16.9 Å². The molecule has 0 aliphatic rings. The molecular weight excluding hydrogens is 400 g/mol. The van der Waals surface area contributed by atoms with Crippen LogP contribution >= 0.6 is 11.3 Å². The van der Waals surface area contributed by atoms with Crippen LogP contribution in [0.5, 0.6) is 5.75 Å². The molecule has 0 atom stereocenters. The largest absolute Gasteiger partial charge is 0.496 e. The Labute approximate surface area is 176 Å². The van der Waals surface area contributed by atoms with E-state index >= 15 is 0 Å². The number of fused-ring (bicyclic) bond motifs is 3. The minimum atomic E-state index is 0.669. The second-order valence-corrected chi connectivity index (χ2v) is 8.04. The molecule has 0 fully saturated rings. The first-order chi connectivity index (χ1) is 14.4. The van der Waals surface area contributed by atoms with Crippen molar-refractivity contribution in [2.45, 2.75) is 27.7 Å². The van der Waals surface area contributed by atoms with Gasteiger partial charge in [-0.2, -0.15) is 0 Å². The van der Waals surface area contributed by atoms with Gasteiger partial charge >= 0.3 is 0 Å². The number of hydrogen-bond donors (Lipinski definition) is 2. The Kier molecular flexibility index (Phi) is 4.21. The number of aromatic amines is 1. The van der Waals surface area contributed by atoms with Crippen molar-refractivity contribution in [3.63, 3.8) is 0 Å². The van der Waals surface area contributed by atoms with Crippen LogP contribution in [0.4, 0.5) is 10.9 Å². The molecule has 0 amide bonds. The molecule has 4 heterocycles. The number of aryl methyl sites for hydroxylation is 4. The molecular formula is C21H20N6O2S. The van der Waals surface area contributed by atoms with Crippen LogP contribution in [0.25, 0.3) is 33.1 Å². The van der Waals surface area contributed by atoms with Gasteiger partial charge in [0.1, 0.15) is 28.8 Å². The smallest absolute Gasteiger partial charge is 0.188 e. The van der Waals surface area contributed by atoms with Gasteiger partial charge in [0.2, 0.25) is 0 Å². The first-order valence-electron chi connectivity index (χ1n) is 9.45. The van der Waals surface area contributed by atoms with Gasteiger partial charge < -0.3 is 19.6 Å². The van der Waals surface area contributed by atoms with Gasteiger partial charge in [-0.05, 0) is 39.8 Å². The molecule has 152 valence electrons. The van der Waals surface area contributed by atoms with Crippen LogP contribution in [0.3, 0.4) is 0 Å². The Morgan fingerprint density at radius 2 is 1.93 bits per heavy atom. The molecule has 5 rings (SSSR count). The fourth-order valence-corrected chi connectivity index (χ4v) is 4.46. The van der Waals surface area contributed by atoms with E-state index in [1.165, 1.54) is 0 Å². The number of aromatic nitrogens is 5. The van der Waals surface area contributed by atoms with E-state index in [2.05, 4.69) is 36.5 Å². The van der Waals surface area contributed by atoms with E-state index in [0.29, 0.717) is 11.6 Å². The standard InChI is InChI=1S/C21H20N6O2S/c1-9-8-30-21(22-9)26-20-18-13-7-16(28-5)14(17-10(2)27-29-11(17)3)6-15(13)25-19(18)23-12(4)24-20/h6-8H,1-5H3,(H2,22,23,24,25,26). The molecule has 5 aromatic rings. The number of hydrogen-bond acceptors (Lipinski definition) is 8. The molecule has 4 aromatic heterocycles. The maximum absolute atomic E-state index is 5.74. The molecule has 1 aromatic carbocycles.